The van der Waals surface area contributed by atoms with Crippen molar-refractivity contribution in [2.24, 2.45) is 0 Å². The topological polar surface area (TPSA) is 52.6 Å². The fourth-order valence-electron chi connectivity index (χ4n) is 1.10. The molecule has 0 saturated heterocycles. The number of para-hydroxylation sites is 1. The second-order valence-corrected chi connectivity index (χ2v) is 3.23. The van der Waals surface area contributed by atoms with Crippen molar-refractivity contribution in [2.45, 2.75) is 19.8 Å². The molecule has 0 fully saturated rings. The van der Waals surface area contributed by atoms with Gasteiger partial charge in [-0.25, -0.2) is 0 Å². The molecule has 86 valence electrons. The van der Waals surface area contributed by atoms with Crippen LogP contribution in [0, 0.1) is 0 Å². The first-order chi connectivity index (χ1) is 7.68. The average Bonchev–Trinajstić information content (AvgIpc) is 2.25. The van der Waals surface area contributed by atoms with E-state index in [0.29, 0.717) is 12.2 Å². The van der Waals surface area contributed by atoms with Crippen molar-refractivity contribution in [3.05, 3.63) is 30.3 Å². The van der Waals surface area contributed by atoms with Crippen LogP contribution in [-0.4, -0.2) is 18.5 Å². The van der Waals surface area contributed by atoms with Gasteiger partial charge in [0, 0.05) is 13.3 Å². The summed E-state index contributed by atoms with van der Waals surface area (Å²) in [5.41, 5.74) is 0. The van der Waals surface area contributed by atoms with E-state index in [1.54, 1.807) is 24.3 Å². The van der Waals surface area contributed by atoms with Crippen molar-refractivity contribution >= 4 is 11.9 Å². The first kappa shape index (κ1) is 12.2. The van der Waals surface area contributed by atoms with Crippen LogP contribution in [0.25, 0.3) is 0 Å². The van der Waals surface area contributed by atoms with Crippen LogP contribution in [0.2, 0.25) is 0 Å². The van der Waals surface area contributed by atoms with E-state index in [1.807, 2.05) is 6.07 Å². The monoisotopic (exact) mass is 222 g/mol. The van der Waals surface area contributed by atoms with Crippen molar-refractivity contribution in [3.8, 4) is 5.75 Å². The molecule has 0 aliphatic carbocycles. The highest BCUT2D eigenvalue weighted by Crippen LogP contribution is 2.09. The SMILES string of the molecule is CC(=O)OCCCC(=O)Oc1ccccc1. The number of hydrogen-bond acceptors (Lipinski definition) is 4. The molecule has 4 heteroatoms. The summed E-state index contributed by atoms with van der Waals surface area (Å²) in [5, 5.41) is 0. The Morgan fingerprint density at radius 1 is 1.19 bits per heavy atom. The van der Waals surface area contributed by atoms with E-state index in [0.717, 1.165) is 0 Å². The van der Waals surface area contributed by atoms with Gasteiger partial charge in [-0.2, -0.15) is 0 Å². The summed E-state index contributed by atoms with van der Waals surface area (Å²) in [6.07, 6.45) is 0.716. The molecule has 0 unspecified atom stereocenters. The Balaban J connectivity index is 2.19. The molecule has 0 radical (unpaired) electrons. The molecule has 0 amide bonds. The maximum Gasteiger partial charge on any atom is 0.311 e. The van der Waals surface area contributed by atoms with Gasteiger partial charge in [-0.15, -0.1) is 0 Å². The van der Waals surface area contributed by atoms with Gasteiger partial charge in [-0.1, -0.05) is 18.2 Å². The Hall–Kier alpha value is -1.84. The Labute approximate surface area is 94.2 Å². The summed E-state index contributed by atoms with van der Waals surface area (Å²) < 4.78 is 9.74. The second kappa shape index (κ2) is 6.61. The van der Waals surface area contributed by atoms with Gasteiger partial charge in [0.15, 0.2) is 0 Å². The Morgan fingerprint density at radius 2 is 1.88 bits per heavy atom. The van der Waals surface area contributed by atoms with Crippen LogP contribution in [-0.2, 0) is 14.3 Å². The molecule has 0 saturated carbocycles. The number of esters is 2. The predicted octanol–water partition coefficient (Wildman–Crippen LogP) is 1.94. The molecule has 0 N–H and O–H groups in total. The molecule has 0 atom stereocenters. The van der Waals surface area contributed by atoms with Crippen molar-refractivity contribution in [1.82, 2.24) is 0 Å². The van der Waals surface area contributed by atoms with Gasteiger partial charge in [0.05, 0.1) is 6.61 Å². The zero-order valence-electron chi connectivity index (χ0n) is 9.14. The molecule has 16 heavy (non-hydrogen) atoms. The standard InChI is InChI=1S/C12H14O4/c1-10(13)15-9-5-8-12(14)16-11-6-3-2-4-7-11/h2-4,6-7H,5,8-9H2,1H3. The summed E-state index contributed by atoms with van der Waals surface area (Å²) in [4.78, 5) is 21.7. The summed E-state index contributed by atoms with van der Waals surface area (Å²) in [6.45, 7) is 1.58. The zero-order valence-corrected chi connectivity index (χ0v) is 9.14. The third-order valence-electron chi connectivity index (χ3n) is 1.81. The molecule has 0 aliphatic heterocycles. The van der Waals surface area contributed by atoms with Crippen LogP contribution >= 0.6 is 0 Å². The van der Waals surface area contributed by atoms with E-state index in [4.69, 9.17) is 9.47 Å². The van der Waals surface area contributed by atoms with Gasteiger partial charge in [-0.3, -0.25) is 9.59 Å². The van der Waals surface area contributed by atoms with Crippen molar-refractivity contribution in [2.75, 3.05) is 6.61 Å². The maximum atomic E-state index is 11.3. The average molecular weight is 222 g/mol. The normalized spacial score (nSPS) is 9.56. The minimum absolute atomic E-state index is 0.238. The summed E-state index contributed by atoms with van der Waals surface area (Å²) in [6, 6.07) is 8.86. The predicted molar refractivity (Wildman–Crippen MR) is 57.9 cm³/mol. The largest absolute Gasteiger partial charge is 0.466 e. The number of rotatable bonds is 5. The lowest BCUT2D eigenvalue weighted by molar-refractivity contribution is -0.142. The Kier molecular flexibility index (Phi) is 5.05. The molecule has 1 aromatic carbocycles. The highest BCUT2D eigenvalue weighted by molar-refractivity contribution is 5.72. The molecular formula is C12H14O4. The van der Waals surface area contributed by atoms with E-state index in [-0.39, 0.29) is 25.0 Å². The molecule has 1 aromatic rings. The lowest BCUT2D eigenvalue weighted by Gasteiger charge is -2.04. The van der Waals surface area contributed by atoms with Crippen LogP contribution in [0.1, 0.15) is 19.8 Å². The van der Waals surface area contributed by atoms with E-state index >= 15 is 0 Å². The number of carbonyl (C=O) groups excluding carboxylic acids is 2. The number of benzene rings is 1. The van der Waals surface area contributed by atoms with Crippen molar-refractivity contribution < 1.29 is 19.1 Å². The molecule has 1 rings (SSSR count). The van der Waals surface area contributed by atoms with Crippen LogP contribution in [0.4, 0.5) is 0 Å². The van der Waals surface area contributed by atoms with E-state index in [1.165, 1.54) is 6.92 Å². The molecule has 4 nitrogen and oxygen atoms in total. The fraction of sp³-hybridized carbons (Fsp3) is 0.333. The highest BCUT2D eigenvalue weighted by Gasteiger charge is 2.04. The van der Waals surface area contributed by atoms with Crippen LogP contribution in [0.5, 0.6) is 5.75 Å². The molecule has 0 aliphatic rings. The second-order valence-electron chi connectivity index (χ2n) is 3.23. The molecular weight excluding hydrogens is 208 g/mol. The van der Waals surface area contributed by atoms with Crippen LogP contribution in [0.15, 0.2) is 30.3 Å². The third kappa shape index (κ3) is 5.14. The first-order valence-electron chi connectivity index (χ1n) is 5.07. The summed E-state index contributed by atoms with van der Waals surface area (Å²) in [7, 11) is 0. The molecule has 0 aromatic heterocycles. The minimum atomic E-state index is -0.337. The van der Waals surface area contributed by atoms with Gasteiger partial charge in [0.1, 0.15) is 5.75 Å². The third-order valence-corrected chi connectivity index (χ3v) is 1.81. The van der Waals surface area contributed by atoms with Gasteiger partial charge in [0.25, 0.3) is 0 Å². The smallest absolute Gasteiger partial charge is 0.311 e. The molecule has 0 bridgehead atoms. The summed E-state index contributed by atoms with van der Waals surface area (Å²) in [5.74, 6) is -0.130. The quantitative estimate of drug-likeness (QED) is 0.434. The van der Waals surface area contributed by atoms with E-state index < -0.39 is 0 Å². The summed E-state index contributed by atoms with van der Waals surface area (Å²) >= 11 is 0. The minimum Gasteiger partial charge on any atom is -0.466 e. The highest BCUT2D eigenvalue weighted by atomic mass is 16.5. The maximum absolute atomic E-state index is 11.3. The van der Waals surface area contributed by atoms with E-state index in [9.17, 15) is 9.59 Å². The van der Waals surface area contributed by atoms with Gasteiger partial charge in [-0.05, 0) is 18.6 Å². The number of ether oxygens (including phenoxy) is 2. The van der Waals surface area contributed by atoms with Gasteiger partial charge < -0.3 is 9.47 Å². The molecule has 0 spiro atoms. The molecule has 0 heterocycles. The lowest BCUT2D eigenvalue weighted by Crippen LogP contribution is -2.09. The zero-order chi connectivity index (χ0) is 11.8. The van der Waals surface area contributed by atoms with Crippen LogP contribution in [0.3, 0.4) is 0 Å². The lowest BCUT2D eigenvalue weighted by atomic mass is 10.3. The van der Waals surface area contributed by atoms with Gasteiger partial charge in [0.2, 0.25) is 0 Å². The Bertz CT molecular complexity index is 345. The van der Waals surface area contributed by atoms with E-state index in [2.05, 4.69) is 0 Å². The first-order valence-corrected chi connectivity index (χ1v) is 5.07. The Morgan fingerprint density at radius 3 is 2.50 bits per heavy atom. The number of hydrogen-bond donors (Lipinski definition) is 0. The number of carbonyl (C=O) groups is 2. The van der Waals surface area contributed by atoms with Crippen molar-refractivity contribution in [3.63, 3.8) is 0 Å². The van der Waals surface area contributed by atoms with Crippen molar-refractivity contribution in [1.29, 1.82) is 0 Å². The van der Waals surface area contributed by atoms with Crippen LogP contribution < -0.4 is 4.74 Å². The fourth-order valence-corrected chi connectivity index (χ4v) is 1.10. The van der Waals surface area contributed by atoms with Gasteiger partial charge >= 0.3 is 11.9 Å².